The van der Waals surface area contributed by atoms with Crippen LogP contribution >= 0.6 is 0 Å². The van der Waals surface area contributed by atoms with Gasteiger partial charge >= 0.3 is 0 Å². The summed E-state index contributed by atoms with van der Waals surface area (Å²) in [6.45, 7) is 6.88. The quantitative estimate of drug-likeness (QED) is 0.561. The Morgan fingerprint density at radius 1 is 1.32 bits per heavy atom. The van der Waals surface area contributed by atoms with Crippen molar-refractivity contribution in [1.29, 1.82) is 0 Å². The molecule has 0 bridgehead atoms. The van der Waals surface area contributed by atoms with E-state index in [9.17, 15) is 5.11 Å². The van der Waals surface area contributed by atoms with E-state index < -0.39 is 0 Å². The van der Waals surface area contributed by atoms with Crippen molar-refractivity contribution in [2.45, 2.75) is 39.3 Å². The lowest BCUT2D eigenvalue weighted by atomic mass is 10.1. The average molecular weight is 266 g/mol. The molecule has 0 heterocycles. The molecular formula is C15H26N2O2. The van der Waals surface area contributed by atoms with Crippen molar-refractivity contribution in [2.24, 2.45) is 0 Å². The molecule has 0 saturated heterocycles. The highest BCUT2D eigenvalue weighted by molar-refractivity contribution is 5.53. The second kappa shape index (κ2) is 8.02. The largest absolute Gasteiger partial charge is 0.506 e. The first-order valence-electron chi connectivity index (χ1n) is 6.92. The molecule has 0 saturated carbocycles. The van der Waals surface area contributed by atoms with Gasteiger partial charge in [-0.3, -0.25) is 4.90 Å². The summed E-state index contributed by atoms with van der Waals surface area (Å²) < 4.78 is 5.19. The van der Waals surface area contributed by atoms with E-state index in [4.69, 9.17) is 10.5 Å². The minimum atomic E-state index is 0.148. The van der Waals surface area contributed by atoms with Gasteiger partial charge in [0.1, 0.15) is 5.75 Å². The number of hydrogen-bond acceptors (Lipinski definition) is 4. The Morgan fingerprint density at radius 3 is 2.53 bits per heavy atom. The molecule has 0 radical (unpaired) electrons. The second-order valence-electron chi connectivity index (χ2n) is 4.83. The Balaban J connectivity index is 2.77. The summed E-state index contributed by atoms with van der Waals surface area (Å²) in [5.41, 5.74) is 7.31. The molecule has 3 N–H and O–H groups in total. The second-order valence-corrected chi connectivity index (χ2v) is 4.83. The van der Waals surface area contributed by atoms with E-state index in [2.05, 4.69) is 18.7 Å². The van der Waals surface area contributed by atoms with Gasteiger partial charge in [0.25, 0.3) is 0 Å². The van der Waals surface area contributed by atoms with Crippen molar-refractivity contribution in [2.75, 3.05) is 26.0 Å². The molecule has 0 atom stereocenters. The van der Waals surface area contributed by atoms with Gasteiger partial charge in [0, 0.05) is 26.2 Å². The molecule has 1 rings (SSSR count). The first-order valence-corrected chi connectivity index (χ1v) is 6.92. The van der Waals surface area contributed by atoms with E-state index in [0.717, 1.165) is 38.1 Å². The summed E-state index contributed by atoms with van der Waals surface area (Å²) in [5, 5.41) is 9.46. The molecule has 4 heteroatoms. The summed E-state index contributed by atoms with van der Waals surface area (Å²) in [7, 11) is 1.73. The van der Waals surface area contributed by atoms with Crippen LogP contribution < -0.4 is 5.73 Å². The number of anilines is 1. The monoisotopic (exact) mass is 266 g/mol. The summed E-state index contributed by atoms with van der Waals surface area (Å²) in [6, 6.07) is 5.97. The van der Waals surface area contributed by atoms with Crippen molar-refractivity contribution in [3.05, 3.63) is 23.8 Å². The highest BCUT2D eigenvalue weighted by atomic mass is 16.5. The molecule has 0 aliphatic rings. The molecule has 108 valence electrons. The molecular weight excluding hydrogens is 240 g/mol. The maximum absolute atomic E-state index is 9.46. The minimum Gasteiger partial charge on any atom is -0.506 e. The maximum Gasteiger partial charge on any atom is 0.138 e. The zero-order valence-electron chi connectivity index (χ0n) is 12.2. The van der Waals surface area contributed by atoms with Gasteiger partial charge in [-0.1, -0.05) is 19.9 Å². The smallest absolute Gasteiger partial charge is 0.138 e. The zero-order chi connectivity index (χ0) is 14.3. The minimum absolute atomic E-state index is 0.148. The van der Waals surface area contributed by atoms with E-state index in [-0.39, 0.29) is 5.75 Å². The number of hydrogen-bond donors (Lipinski definition) is 2. The number of nitrogen functional groups attached to an aromatic ring is 1. The predicted molar refractivity (Wildman–Crippen MR) is 79.2 cm³/mol. The van der Waals surface area contributed by atoms with Crippen LogP contribution in [0.4, 0.5) is 5.69 Å². The number of ether oxygens (including phenoxy) is 1. The summed E-state index contributed by atoms with van der Waals surface area (Å²) >= 11 is 0. The lowest BCUT2D eigenvalue weighted by Crippen LogP contribution is -2.36. The van der Waals surface area contributed by atoms with Gasteiger partial charge in [0.15, 0.2) is 0 Å². The highest BCUT2D eigenvalue weighted by Gasteiger charge is 2.15. The van der Waals surface area contributed by atoms with Gasteiger partial charge in [-0.05, 0) is 30.5 Å². The fraction of sp³-hybridized carbons (Fsp3) is 0.600. The summed E-state index contributed by atoms with van der Waals surface area (Å²) in [5.74, 6) is 0.148. The fourth-order valence-electron chi connectivity index (χ4n) is 2.34. The number of rotatable bonds is 8. The lowest BCUT2D eigenvalue weighted by Gasteiger charge is -2.30. The first kappa shape index (κ1) is 15.8. The first-order chi connectivity index (χ1) is 9.12. The van der Waals surface area contributed by atoms with Gasteiger partial charge in [-0.2, -0.15) is 0 Å². The van der Waals surface area contributed by atoms with E-state index in [0.29, 0.717) is 11.7 Å². The van der Waals surface area contributed by atoms with Gasteiger partial charge in [0.05, 0.1) is 12.3 Å². The van der Waals surface area contributed by atoms with E-state index >= 15 is 0 Å². The lowest BCUT2D eigenvalue weighted by molar-refractivity contribution is 0.110. The molecule has 1 aromatic rings. The van der Waals surface area contributed by atoms with Crippen LogP contribution in [0.5, 0.6) is 5.75 Å². The fourth-order valence-corrected chi connectivity index (χ4v) is 2.34. The standard InChI is InChI=1S/C15H26N2O2/c1-4-13(5-2)17(8-9-19-3)11-12-6-7-15(18)14(16)10-12/h6-7,10,13,18H,4-5,8-9,11,16H2,1-3H3. The molecule has 0 aromatic heterocycles. The van der Waals surface area contributed by atoms with Gasteiger partial charge in [0.2, 0.25) is 0 Å². The third kappa shape index (κ3) is 4.73. The molecule has 0 fully saturated rings. The highest BCUT2D eigenvalue weighted by Crippen LogP contribution is 2.22. The van der Waals surface area contributed by atoms with Crippen molar-refractivity contribution < 1.29 is 9.84 Å². The van der Waals surface area contributed by atoms with Crippen LogP contribution in [0.1, 0.15) is 32.3 Å². The molecule has 4 nitrogen and oxygen atoms in total. The molecule has 0 spiro atoms. The molecule has 1 aromatic carbocycles. The van der Waals surface area contributed by atoms with Crippen molar-refractivity contribution in [3.63, 3.8) is 0 Å². The number of aromatic hydroxyl groups is 1. The van der Waals surface area contributed by atoms with Crippen LogP contribution in [-0.2, 0) is 11.3 Å². The number of benzene rings is 1. The van der Waals surface area contributed by atoms with Crippen LogP contribution in [0, 0.1) is 0 Å². The van der Waals surface area contributed by atoms with E-state index in [1.165, 1.54) is 0 Å². The predicted octanol–water partition coefficient (Wildman–Crippen LogP) is 2.61. The maximum atomic E-state index is 9.46. The number of phenols is 1. The zero-order valence-corrected chi connectivity index (χ0v) is 12.2. The summed E-state index contributed by atoms with van der Waals surface area (Å²) in [6.07, 6.45) is 2.24. The van der Waals surface area contributed by atoms with Crippen LogP contribution in [0.15, 0.2) is 18.2 Å². The number of phenolic OH excluding ortho intramolecular Hbond substituents is 1. The normalized spacial score (nSPS) is 11.4. The number of nitrogens with zero attached hydrogens (tertiary/aromatic N) is 1. The van der Waals surface area contributed by atoms with Crippen LogP contribution in [-0.4, -0.2) is 36.3 Å². The van der Waals surface area contributed by atoms with Crippen LogP contribution in [0.3, 0.4) is 0 Å². The van der Waals surface area contributed by atoms with Crippen molar-refractivity contribution in [1.82, 2.24) is 4.90 Å². The van der Waals surface area contributed by atoms with Crippen molar-refractivity contribution >= 4 is 5.69 Å². The van der Waals surface area contributed by atoms with Crippen LogP contribution in [0.2, 0.25) is 0 Å². The van der Waals surface area contributed by atoms with Gasteiger partial charge in [-0.15, -0.1) is 0 Å². The molecule has 0 aliphatic carbocycles. The molecule has 0 amide bonds. The van der Waals surface area contributed by atoms with Gasteiger partial charge in [-0.25, -0.2) is 0 Å². The summed E-state index contributed by atoms with van der Waals surface area (Å²) in [4.78, 5) is 2.41. The number of methoxy groups -OCH3 is 1. The van der Waals surface area contributed by atoms with Crippen molar-refractivity contribution in [3.8, 4) is 5.75 Å². The molecule has 0 unspecified atom stereocenters. The van der Waals surface area contributed by atoms with Gasteiger partial charge < -0.3 is 15.6 Å². The van der Waals surface area contributed by atoms with E-state index in [1.807, 2.05) is 12.1 Å². The van der Waals surface area contributed by atoms with Crippen LogP contribution in [0.25, 0.3) is 0 Å². The Bertz CT molecular complexity index is 378. The molecule has 19 heavy (non-hydrogen) atoms. The Morgan fingerprint density at radius 2 is 2.00 bits per heavy atom. The topological polar surface area (TPSA) is 58.7 Å². The third-order valence-corrected chi connectivity index (χ3v) is 3.52. The Labute approximate surface area is 116 Å². The molecule has 0 aliphatic heterocycles. The third-order valence-electron chi connectivity index (χ3n) is 3.52. The van der Waals surface area contributed by atoms with E-state index in [1.54, 1.807) is 13.2 Å². The Kier molecular flexibility index (Phi) is 6.67. The average Bonchev–Trinajstić information content (AvgIpc) is 2.41. The Hall–Kier alpha value is -1.26. The number of nitrogens with two attached hydrogens (primary N) is 1. The SMILES string of the molecule is CCC(CC)N(CCOC)Cc1ccc(O)c(N)c1.